The van der Waals surface area contributed by atoms with Gasteiger partial charge in [-0.1, -0.05) is 12.7 Å². The van der Waals surface area contributed by atoms with Gasteiger partial charge in [-0.05, 0) is 36.4 Å². The molecule has 0 fully saturated rings. The maximum atomic E-state index is 12.6. The quantitative estimate of drug-likeness (QED) is 0.502. The van der Waals surface area contributed by atoms with Gasteiger partial charge < -0.3 is 18.9 Å². The van der Waals surface area contributed by atoms with E-state index in [1.807, 2.05) is 23.6 Å². The van der Waals surface area contributed by atoms with Crippen LogP contribution in [0.1, 0.15) is 10.4 Å². The van der Waals surface area contributed by atoms with Gasteiger partial charge >= 0.3 is 0 Å². The first-order valence-electron chi connectivity index (χ1n) is 9.00. The summed E-state index contributed by atoms with van der Waals surface area (Å²) in [6.07, 6.45) is 1.64. The van der Waals surface area contributed by atoms with E-state index in [0.717, 1.165) is 11.3 Å². The Labute approximate surface area is 178 Å². The number of hydrogen-bond donors (Lipinski definition) is 1. The molecule has 156 valence electrons. The van der Waals surface area contributed by atoms with E-state index >= 15 is 0 Å². The van der Waals surface area contributed by atoms with Crippen molar-refractivity contribution in [3.05, 3.63) is 60.0 Å². The fourth-order valence-electron chi connectivity index (χ4n) is 2.71. The van der Waals surface area contributed by atoms with E-state index in [9.17, 15) is 4.79 Å². The minimum Gasteiger partial charge on any atom is -0.493 e. The molecule has 0 atom stereocenters. The monoisotopic (exact) mass is 426 g/mol. The largest absolute Gasteiger partial charge is 0.493 e. The van der Waals surface area contributed by atoms with E-state index in [1.165, 1.54) is 18.4 Å². The highest BCUT2D eigenvalue weighted by atomic mass is 32.1. The maximum absolute atomic E-state index is 12.6. The number of benzene rings is 2. The Morgan fingerprint density at radius 2 is 1.73 bits per heavy atom. The Morgan fingerprint density at radius 3 is 2.43 bits per heavy atom. The van der Waals surface area contributed by atoms with Gasteiger partial charge in [-0.3, -0.25) is 10.1 Å². The van der Waals surface area contributed by atoms with E-state index in [-0.39, 0.29) is 5.91 Å². The third kappa shape index (κ3) is 4.72. The molecule has 0 aliphatic rings. The van der Waals surface area contributed by atoms with Crippen LogP contribution in [0.15, 0.2) is 54.4 Å². The summed E-state index contributed by atoms with van der Waals surface area (Å²) in [5.41, 5.74) is 2.01. The van der Waals surface area contributed by atoms with Gasteiger partial charge in [0, 0.05) is 16.5 Å². The molecule has 2 aromatic carbocycles. The van der Waals surface area contributed by atoms with Gasteiger partial charge in [-0.2, -0.15) is 0 Å². The summed E-state index contributed by atoms with van der Waals surface area (Å²) in [4.78, 5) is 17.1. The summed E-state index contributed by atoms with van der Waals surface area (Å²) in [6, 6.07) is 10.5. The van der Waals surface area contributed by atoms with Gasteiger partial charge in [-0.15, -0.1) is 11.3 Å². The van der Waals surface area contributed by atoms with Crippen molar-refractivity contribution in [3.8, 4) is 34.3 Å². The van der Waals surface area contributed by atoms with Gasteiger partial charge in [0.05, 0.1) is 27.0 Å². The first-order valence-corrected chi connectivity index (χ1v) is 9.88. The molecule has 8 heteroatoms. The smallest absolute Gasteiger partial charge is 0.257 e. The van der Waals surface area contributed by atoms with Crippen molar-refractivity contribution in [1.29, 1.82) is 0 Å². The van der Waals surface area contributed by atoms with Crippen LogP contribution in [0.25, 0.3) is 11.3 Å². The number of anilines is 1. The van der Waals surface area contributed by atoms with Crippen LogP contribution in [0.4, 0.5) is 5.13 Å². The molecule has 3 rings (SSSR count). The molecule has 0 aliphatic heterocycles. The minimum atomic E-state index is -0.295. The lowest BCUT2D eigenvalue weighted by atomic mass is 10.1. The van der Waals surface area contributed by atoms with Crippen LogP contribution in [0.2, 0.25) is 0 Å². The van der Waals surface area contributed by atoms with Crippen molar-refractivity contribution in [3.63, 3.8) is 0 Å². The molecule has 0 bridgehead atoms. The van der Waals surface area contributed by atoms with E-state index < -0.39 is 0 Å². The van der Waals surface area contributed by atoms with Crippen LogP contribution in [-0.4, -0.2) is 38.8 Å². The molecular formula is C22H22N2O5S. The summed E-state index contributed by atoms with van der Waals surface area (Å²) < 4.78 is 21.4. The van der Waals surface area contributed by atoms with Crippen molar-refractivity contribution >= 4 is 22.4 Å². The number of nitrogens with one attached hydrogen (secondary N) is 1. The number of aromatic nitrogens is 1. The van der Waals surface area contributed by atoms with Gasteiger partial charge in [0.25, 0.3) is 5.91 Å². The zero-order chi connectivity index (χ0) is 21.5. The molecule has 30 heavy (non-hydrogen) atoms. The fraction of sp³-hybridized carbons (Fsp3) is 0.182. The summed E-state index contributed by atoms with van der Waals surface area (Å²) in [5, 5.41) is 5.16. The first-order chi connectivity index (χ1) is 14.6. The molecule has 0 aliphatic carbocycles. The molecule has 0 radical (unpaired) electrons. The van der Waals surface area contributed by atoms with E-state index in [0.29, 0.717) is 40.3 Å². The minimum absolute atomic E-state index is 0.295. The number of carbonyl (C=O) groups excluding carboxylic acids is 1. The third-order valence-electron chi connectivity index (χ3n) is 4.19. The van der Waals surface area contributed by atoms with E-state index in [2.05, 4.69) is 16.9 Å². The highest BCUT2D eigenvalue weighted by molar-refractivity contribution is 7.14. The third-order valence-corrected chi connectivity index (χ3v) is 4.94. The van der Waals surface area contributed by atoms with Gasteiger partial charge in [0.2, 0.25) is 0 Å². The zero-order valence-corrected chi connectivity index (χ0v) is 17.7. The molecule has 3 aromatic rings. The van der Waals surface area contributed by atoms with Crippen LogP contribution < -0.4 is 24.3 Å². The van der Waals surface area contributed by atoms with Crippen LogP contribution >= 0.6 is 11.3 Å². The number of amides is 1. The second-order valence-electron chi connectivity index (χ2n) is 6.03. The number of ether oxygens (including phenoxy) is 4. The molecule has 1 aromatic heterocycles. The predicted molar refractivity (Wildman–Crippen MR) is 117 cm³/mol. The average Bonchev–Trinajstić information content (AvgIpc) is 3.25. The van der Waals surface area contributed by atoms with E-state index in [1.54, 1.807) is 38.5 Å². The van der Waals surface area contributed by atoms with Crippen molar-refractivity contribution in [2.75, 3.05) is 33.3 Å². The van der Waals surface area contributed by atoms with Crippen LogP contribution in [0.5, 0.6) is 23.0 Å². The summed E-state index contributed by atoms with van der Waals surface area (Å²) in [5.74, 6) is 1.96. The molecular weight excluding hydrogens is 404 g/mol. The van der Waals surface area contributed by atoms with Crippen molar-refractivity contribution in [1.82, 2.24) is 4.98 Å². The number of hydrogen-bond acceptors (Lipinski definition) is 7. The fourth-order valence-corrected chi connectivity index (χ4v) is 3.42. The summed E-state index contributed by atoms with van der Waals surface area (Å²) in [6.45, 7) is 3.96. The summed E-state index contributed by atoms with van der Waals surface area (Å²) >= 11 is 1.33. The molecule has 1 N–H and O–H groups in total. The summed E-state index contributed by atoms with van der Waals surface area (Å²) in [7, 11) is 4.69. The molecule has 1 amide bonds. The highest BCUT2D eigenvalue weighted by Gasteiger charge is 2.14. The number of thiazole rings is 1. The SMILES string of the molecule is C=CCOc1ccc(C(=O)Nc2nc(-c3ccc(OC)c(OC)c3)cs2)cc1OC. The average molecular weight is 426 g/mol. The molecule has 1 heterocycles. The van der Waals surface area contributed by atoms with Crippen molar-refractivity contribution in [2.24, 2.45) is 0 Å². The predicted octanol–water partition coefficient (Wildman–Crippen LogP) is 4.65. The Bertz CT molecular complexity index is 1050. The number of rotatable bonds is 9. The normalized spacial score (nSPS) is 10.2. The van der Waals surface area contributed by atoms with E-state index in [4.69, 9.17) is 18.9 Å². The second kappa shape index (κ2) is 9.80. The Morgan fingerprint density at radius 1 is 1.03 bits per heavy atom. The Kier molecular flexibility index (Phi) is 6.92. The van der Waals surface area contributed by atoms with Crippen LogP contribution in [-0.2, 0) is 0 Å². The standard InChI is InChI=1S/C22H22N2O5S/c1-5-10-29-18-9-7-15(12-20(18)28-4)21(25)24-22-23-16(13-30-22)14-6-8-17(26-2)19(11-14)27-3/h5-9,11-13H,1,10H2,2-4H3,(H,23,24,25). The maximum Gasteiger partial charge on any atom is 0.257 e. The Balaban J connectivity index is 1.76. The topological polar surface area (TPSA) is 78.9 Å². The molecule has 0 unspecified atom stereocenters. The van der Waals surface area contributed by atoms with Gasteiger partial charge in [-0.25, -0.2) is 4.98 Å². The van der Waals surface area contributed by atoms with Crippen molar-refractivity contribution in [2.45, 2.75) is 0 Å². The first kappa shape index (κ1) is 21.2. The van der Waals surface area contributed by atoms with Gasteiger partial charge in [0.15, 0.2) is 28.1 Å². The lowest BCUT2D eigenvalue weighted by Crippen LogP contribution is -2.12. The second-order valence-corrected chi connectivity index (χ2v) is 6.89. The Hall–Kier alpha value is -3.52. The molecule has 0 saturated heterocycles. The van der Waals surface area contributed by atoms with Crippen LogP contribution in [0, 0.1) is 0 Å². The molecule has 7 nitrogen and oxygen atoms in total. The van der Waals surface area contributed by atoms with Crippen LogP contribution in [0.3, 0.4) is 0 Å². The highest BCUT2D eigenvalue weighted by Crippen LogP contribution is 2.34. The van der Waals surface area contributed by atoms with Crippen molar-refractivity contribution < 1.29 is 23.7 Å². The zero-order valence-electron chi connectivity index (χ0n) is 16.9. The number of methoxy groups -OCH3 is 3. The molecule has 0 spiro atoms. The number of nitrogens with zero attached hydrogens (tertiary/aromatic N) is 1. The number of carbonyl (C=O) groups is 1. The molecule has 0 saturated carbocycles. The lowest BCUT2D eigenvalue weighted by Gasteiger charge is -2.10. The van der Waals surface area contributed by atoms with Gasteiger partial charge in [0.1, 0.15) is 6.61 Å². The lowest BCUT2D eigenvalue weighted by molar-refractivity contribution is 0.102.